The Bertz CT molecular complexity index is 1360. The maximum Gasteiger partial charge on any atom is 0.344 e. The summed E-state index contributed by atoms with van der Waals surface area (Å²) in [7, 11) is -3.83. The Morgan fingerprint density at radius 1 is 1.06 bits per heavy atom. The molecule has 178 valence electrons. The predicted molar refractivity (Wildman–Crippen MR) is 120 cm³/mol. The van der Waals surface area contributed by atoms with Gasteiger partial charge in [-0.1, -0.05) is 12.1 Å². The molecular formula is C22H21N3O8S. The molecule has 11 nitrogen and oxygen atoms in total. The van der Waals surface area contributed by atoms with Gasteiger partial charge in [-0.25, -0.2) is 18.4 Å². The number of hydrogen-bond acceptors (Lipinski definition) is 8. The molecule has 0 atom stereocenters. The molecule has 2 N–H and O–H groups in total. The van der Waals surface area contributed by atoms with Crippen LogP contribution in [-0.2, 0) is 19.6 Å². The summed E-state index contributed by atoms with van der Waals surface area (Å²) in [5.41, 5.74) is 1.92. The summed E-state index contributed by atoms with van der Waals surface area (Å²) in [5, 5.41) is 16.1. The molecule has 0 aliphatic carbocycles. The lowest BCUT2D eigenvalue weighted by atomic mass is 10.1. The van der Waals surface area contributed by atoms with Gasteiger partial charge in [-0.2, -0.15) is 0 Å². The summed E-state index contributed by atoms with van der Waals surface area (Å²) in [4.78, 5) is 35.0. The lowest BCUT2D eigenvalue weighted by Gasteiger charge is -2.11. The second-order valence-corrected chi connectivity index (χ2v) is 8.82. The largest absolute Gasteiger partial charge is 0.475 e. The lowest BCUT2D eigenvalue weighted by molar-refractivity contribution is -0.385. The lowest BCUT2D eigenvalue weighted by Crippen LogP contribution is -2.20. The van der Waals surface area contributed by atoms with Crippen LogP contribution in [-0.4, -0.2) is 42.9 Å². The Balaban J connectivity index is 1.66. The van der Waals surface area contributed by atoms with Gasteiger partial charge in [-0.15, -0.1) is 0 Å². The number of aryl methyl sites for hydroxylation is 1. The van der Waals surface area contributed by atoms with Crippen molar-refractivity contribution in [3.8, 4) is 11.4 Å². The zero-order valence-electron chi connectivity index (χ0n) is 18.3. The van der Waals surface area contributed by atoms with Crippen LogP contribution in [0.5, 0.6) is 5.75 Å². The fourth-order valence-electron chi connectivity index (χ4n) is 3.36. The van der Waals surface area contributed by atoms with Gasteiger partial charge in [-0.05, 0) is 50.2 Å². The molecule has 0 radical (unpaired) electrons. The molecule has 0 spiro atoms. The van der Waals surface area contributed by atoms with Gasteiger partial charge in [-0.3, -0.25) is 14.9 Å². The third-order valence-electron chi connectivity index (χ3n) is 4.93. The monoisotopic (exact) mass is 487 g/mol. The Morgan fingerprint density at radius 3 is 2.32 bits per heavy atom. The third kappa shape index (κ3) is 5.47. The van der Waals surface area contributed by atoms with Gasteiger partial charge in [0.15, 0.2) is 19.0 Å². The molecule has 0 amide bonds. The van der Waals surface area contributed by atoms with Crippen LogP contribution >= 0.6 is 0 Å². The number of aromatic nitrogens is 1. The van der Waals surface area contributed by atoms with E-state index in [0.29, 0.717) is 22.6 Å². The number of nitrogens with two attached hydrogens (primary N) is 1. The molecule has 0 unspecified atom stereocenters. The average Bonchev–Trinajstić information content (AvgIpc) is 3.09. The van der Waals surface area contributed by atoms with Gasteiger partial charge in [0.05, 0.1) is 9.82 Å². The zero-order valence-corrected chi connectivity index (χ0v) is 19.1. The molecule has 0 bridgehead atoms. The Kier molecular flexibility index (Phi) is 7.13. The van der Waals surface area contributed by atoms with E-state index in [1.807, 2.05) is 0 Å². The summed E-state index contributed by atoms with van der Waals surface area (Å²) in [6.45, 7) is 2.32. The minimum Gasteiger partial charge on any atom is -0.475 e. The van der Waals surface area contributed by atoms with E-state index >= 15 is 0 Å². The number of ketones is 1. The number of para-hydroxylation sites is 2. The summed E-state index contributed by atoms with van der Waals surface area (Å²) >= 11 is 0. The van der Waals surface area contributed by atoms with Crippen LogP contribution < -0.4 is 9.88 Å². The number of nitrogens with zero attached hydrogens (tertiary/aromatic N) is 2. The number of carbonyl (C=O) groups is 2. The predicted octanol–water partition coefficient (Wildman–Crippen LogP) is 2.45. The summed E-state index contributed by atoms with van der Waals surface area (Å²) < 4.78 is 34.8. The van der Waals surface area contributed by atoms with Crippen molar-refractivity contribution in [2.75, 3.05) is 13.2 Å². The van der Waals surface area contributed by atoms with Crippen molar-refractivity contribution < 1.29 is 32.4 Å². The van der Waals surface area contributed by atoms with Gasteiger partial charge >= 0.3 is 11.7 Å². The van der Waals surface area contributed by atoms with E-state index in [9.17, 15) is 28.1 Å². The first-order valence-electron chi connectivity index (χ1n) is 9.86. The van der Waals surface area contributed by atoms with E-state index in [0.717, 1.165) is 0 Å². The van der Waals surface area contributed by atoms with Gasteiger partial charge < -0.3 is 14.0 Å². The number of Topliss-reactive ketones (excluding diaryl/α,β-unsaturated/α-hetero) is 1. The van der Waals surface area contributed by atoms with Crippen molar-refractivity contribution in [1.29, 1.82) is 0 Å². The van der Waals surface area contributed by atoms with E-state index in [1.54, 1.807) is 36.6 Å². The fourth-order valence-corrected chi connectivity index (χ4v) is 3.87. The maximum absolute atomic E-state index is 12.7. The Morgan fingerprint density at radius 2 is 1.71 bits per heavy atom. The second kappa shape index (κ2) is 9.85. The van der Waals surface area contributed by atoms with Gasteiger partial charge in [0.1, 0.15) is 0 Å². The van der Waals surface area contributed by atoms with Gasteiger partial charge in [0.25, 0.3) is 0 Å². The number of nitro benzene ring substituents is 1. The highest BCUT2D eigenvalue weighted by Crippen LogP contribution is 2.26. The minimum absolute atomic E-state index is 0.0371. The number of sulfonamides is 1. The van der Waals surface area contributed by atoms with Crippen LogP contribution in [0.4, 0.5) is 5.69 Å². The molecule has 0 saturated carbocycles. The summed E-state index contributed by atoms with van der Waals surface area (Å²) in [6.07, 6.45) is 0. The quantitative estimate of drug-likeness (QED) is 0.208. The van der Waals surface area contributed by atoms with E-state index in [1.165, 1.54) is 36.4 Å². The van der Waals surface area contributed by atoms with E-state index in [-0.39, 0.29) is 16.3 Å². The van der Waals surface area contributed by atoms with Crippen LogP contribution in [0.2, 0.25) is 0 Å². The van der Waals surface area contributed by atoms with Gasteiger partial charge in [0.2, 0.25) is 15.8 Å². The van der Waals surface area contributed by atoms with E-state index < -0.39 is 39.9 Å². The maximum atomic E-state index is 12.7. The highest BCUT2D eigenvalue weighted by atomic mass is 32.2. The van der Waals surface area contributed by atoms with Crippen molar-refractivity contribution in [2.45, 2.75) is 18.7 Å². The topological polar surface area (TPSA) is 161 Å². The van der Waals surface area contributed by atoms with Crippen LogP contribution in [0.15, 0.2) is 59.5 Å². The van der Waals surface area contributed by atoms with Gasteiger partial charge in [0, 0.05) is 28.7 Å². The highest BCUT2D eigenvalue weighted by molar-refractivity contribution is 7.89. The SMILES string of the molecule is Cc1cc(C(=O)COC(=O)COc2ccccc2[N+](=O)[O-])c(C)n1-c1ccc(S(N)(=O)=O)cc1. The molecule has 1 aromatic heterocycles. The molecule has 0 saturated heterocycles. The van der Waals surface area contributed by atoms with Crippen molar-refractivity contribution in [1.82, 2.24) is 4.57 Å². The zero-order chi connectivity index (χ0) is 25.0. The second-order valence-electron chi connectivity index (χ2n) is 7.26. The highest BCUT2D eigenvalue weighted by Gasteiger charge is 2.20. The normalized spacial score (nSPS) is 11.1. The van der Waals surface area contributed by atoms with Crippen LogP contribution in [0, 0.1) is 24.0 Å². The van der Waals surface area contributed by atoms with Crippen molar-refractivity contribution >= 4 is 27.5 Å². The van der Waals surface area contributed by atoms with Crippen LogP contribution in [0.25, 0.3) is 5.69 Å². The molecule has 0 aliphatic heterocycles. The number of nitro groups is 1. The Hall–Kier alpha value is -4.03. The van der Waals surface area contributed by atoms with Crippen molar-refractivity contribution in [2.24, 2.45) is 5.14 Å². The first kappa shape index (κ1) is 24.6. The summed E-state index contributed by atoms with van der Waals surface area (Å²) in [6, 6.07) is 13.1. The number of esters is 1. The number of carbonyl (C=O) groups excluding carboxylic acids is 2. The number of primary sulfonamides is 1. The first-order chi connectivity index (χ1) is 16.0. The van der Waals surface area contributed by atoms with E-state index in [4.69, 9.17) is 14.6 Å². The molecule has 3 aromatic rings. The molecule has 2 aromatic carbocycles. The number of benzene rings is 2. The van der Waals surface area contributed by atoms with Crippen molar-refractivity contribution in [3.63, 3.8) is 0 Å². The van der Waals surface area contributed by atoms with Crippen LogP contribution in [0.3, 0.4) is 0 Å². The number of ether oxygens (including phenoxy) is 2. The Labute approximate surface area is 194 Å². The first-order valence-corrected chi connectivity index (χ1v) is 11.4. The molecule has 12 heteroatoms. The summed E-state index contributed by atoms with van der Waals surface area (Å²) in [5.74, 6) is -1.41. The molecule has 34 heavy (non-hydrogen) atoms. The van der Waals surface area contributed by atoms with E-state index in [2.05, 4.69) is 0 Å². The molecule has 0 fully saturated rings. The molecule has 1 heterocycles. The molecular weight excluding hydrogens is 466 g/mol. The van der Waals surface area contributed by atoms with Crippen LogP contribution in [0.1, 0.15) is 21.7 Å². The smallest absolute Gasteiger partial charge is 0.344 e. The number of hydrogen-bond donors (Lipinski definition) is 1. The third-order valence-corrected chi connectivity index (χ3v) is 5.86. The average molecular weight is 487 g/mol. The standard InChI is InChI=1S/C22H21N3O8S/c1-14-11-18(15(2)24(14)16-7-9-17(10-8-16)34(23,30)31)20(26)12-33-22(27)13-32-21-6-4-3-5-19(21)25(28)29/h3-11H,12-13H2,1-2H3,(H2,23,30,31). The number of rotatable bonds is 9. The van der Waals surface area contributed by atoms with Crippen molar-refractivity contribution in [3.05, 3.63) is 81.7 Å². The fraction of sp³-hybridized carbons (Fsp3) is 0.182. The molecule has 0 aliphatic rings. The molecule has 3 rings (SSSR count). The minimum atomic E-state index is -3.83.